The molecule has 0 spiro atoms. The highest BCUT2D eigenvalue weighted by atomic mass is 32.2. The quantitative estimate of drug-likeness (QED) is 0.505. The predicted octanol–water partition coefficient (Wildman–Crippen LogP) is 2.50. The standard InChI is InChI=1S/C22H22N4O5S/c1-14-12-20(24-21-16(14)4-3-5-18(21)30-2)25-8-10-26(11-9-25)32(28,29)15-6-7-17-19(13-15)31-22(27)23-17/h3-7,12-13H,8-11H2,1-2H3,(H,23,27). The van der Waals surface area contributed by atoms with E-state index in [0.29, 0.717) is 37.4 Å². The molecule has 4 aromatic rings. The van der Waals surface area contributed by atoms with Gasteiger partial charge < -0.3 is 14.1 Å². The fourth-order valence-corrected chi connectivity index (χ4v) is 5.53. The topological polar surface area (TPSA) is 109 Å². The van der Waals surface area contributed by atoms with E-state index in [4.69, 9.17) is 14.1 Å². The van der Waals surface area contributed by atoms with Crippen LogP contribution < -0.4 is 15.4 Å². The molecule has 0 saturated carbocycles. The fraction of sp³-hybridized carbons (Fsp3) is 0.273. The number of rotatable bonds is 4. The van der Waals surface area contributed by atoms with Gasteiger partial charge in [-0.2, -0.15) is 4.31 Å². The molecule has 0 unspecified atom stereocenters. The Morgan fingerprint density at radius 2 is 1.88 bits per heavy atom. The Bertz CT molecular complexity index is 1480. The summed E-state index contributed by atoms with van der Waals surface area (Å²) in [4.78, 5) is 20.9. The second-order valence-corrected chi connectivity index (χ2v) is 9.66. The molecule has 1 saturated heterocycles. The molecule has 10 heteroatoms. The highest BCUT2D eigenvalue weighted by Crippen LogP contribution is 2.30. The minimum absolute atomic E-state index is 0.102. The number of aryl methyl sites for hydroxylation is 1. The molecule has 1 fully saturated rings. The van der Waals surface area contributed by atoms with Crippen LogP contribution in [0, 0.1) is 6.92 Å². The van der Waals surface area contributed by atoms with E-state index < -0.39 is 15.8 Å². The number of aromatic nitrogens is 2. The monoisotopic (exact) mass is 454 g/mol. The Labute approximate surface area is 184 Å². The Morgan fingerprint density at radius 3 is 2.62 bits per heavy atom. The molecular formula is C22H22N4O5S. The van der Waals surface area contributed by atoms with Gasteiger partial charge in [0, 0.05) is 37.6 Å². The van der Waals surface area contributed by atoms with Crippen molar-refractivity contribution in [3.8, 4) is 5.75 Å². The largest absolute Gasteiger partial charge is 0.494 e. The molecule has 0 aliphatic carbocycles. The molecule has 0 bridgehead atoms. The van der Waals surface area contributed by atoms with Crippen molar-refractivity contribution in [1.82, 2.24) is 14.3 Å². The number of hydrogen-bond acceptors (Lipinski definition) is 7. The van der Waals surface area contributed by atoms with Gasteiger partial charge in [0.15, 0.2) is 5.58 Å². The van der Waals surface area contributed by atoms with Crippen LogP contribution in [0.5, 0.6) is 5.75 Å². The lowest BCUT2D eigenvalue weighted by Gasteiger charge is -2.35. The van der Waals surface area contributed by atoms with Gasteiger partial charge in [0.25, 0.3) is 0 Å². The summed E-state index contributed by atoms with van der Waals surface area (Å²) in [6.07, 6.45) is 0. The molecule has 2 aromatic carbocycles. The van der Waals surface area contributed by atoms with E-state index in [1.54, 1.807) is 13.2 Å². The van der Waals surface area contributed by atoms with Crippen molar-refractivity contribution in [3.05, 3.63) is 58.6 Å². The number of oxazole rings is 1. The zero-order chi connectivity index (χ0) is 22.5. The number of fused-ring (bicyclic) bond motifs is 2. The highest BCUT2D eigenvalue weighted by Gasteiger charge is 2.29. The van der Waals surface area contributed by atoms with Gasteiger partial charge in [-0.25, -0.2) is 18.2 Å². The molecule has 5 rings (SSSR count). The van der Waals surface area contributed by atoms with Crippen LogP contribution in [-0.4, -0.2) is 56.0 Å². The number of para-hydroxylation sites is 1. The maximum atomic E-state index is 13.1. The van der Waals surface area contributed by atoms with Crippen molar-refractivity contribution in [2.75, 3.05) is 38.2 Å². The summed E-state index contributed by atoms with van der Waals surface area (Å²) >= 11 is 0. The van der Waals surface area contributed by atoms with E-state index in [2.05, 4.69) is 9.88 Å². The van der Waals surface area contributed by atoms with Crippen molar-refractivity contribution in [2.24, 2.45) is 0 Å². The summed E-state index contributed by atoms with van der Waals surface area (Å²) in [5.74, 6) is 0.894. The number of benzene rings is 2. The van der Waals surface area contributed by atoms with Crippen molar-refractivity contribution in [2.45, 2.75) is 11.8 Å². The summed E-state index contributed by atoms with van der Waals surface area (Å²) in [6.45, 7) is 3.69. The van der Waals surface area contributed by atoms with Crippen LogP contribution in [-0.2, 0) is 10.0 Å². The number of anilines is 1. The molecule has 1 aliphatic rings. The summed E-state index contributed by atoms with van der Waals surface area (Å²) in [7, 11) is -2.09. The first kappa shape index (κ1) is 20.5. The summed E-state index contributed by atoms with van der Waals surface area (Å²) < 4.78 is 38.2. The molecule has 166 valence electrons. The number of pyridine rings is 1. The first-order valence-electron chi connectivity index (χ1n) is 10.2. The number of piperazine rings is 1. The maximum Gasteiger partial charge on any atom is 0.417 e. The average molecular weight is 455 g/mol. The number of hydrogen-bond donors (Lipinski definition) is 1. The van der Waals surface area contributed by atoms with Gasteiger partial charge in [-0.15, -0.1) is 0 Å². The molecule has 3 heterocycles. The Kier molecular flexibility index (Phi) is 4.90. The molecule has 0 radical (unpaired) electrons. The summed E-state index contributed by atoms with van der Waals surface area (Å²) in [5.41, 5.74) is 2.56. The van der Waals surface area contributed by atoms with Crippen molar-refractivity contribution < 1.29 is 17.6 Å². The lowest BCUT2D eigenvalue weighted by molar-refractivity contribution is 0.384. The van der Waals surface area contributed by atoms with Gasteiger partial charge >= 0.3 is 5.76 Å². The zero-order valence-corrected chi connectivity index (χ0v) is 18.5. The summed E-state index contributed by atoms with van der Waals surface area (Å²) in [5, 5.41) is 1.03. The van der Waals surface area contributed by atoms with E-state index in [1.165, 1.54) is 16.4 Å². The third kappa shape index (κ3) is 3.41. The molecule has 9 nitrogen and oxygen atoms in total. The number of methoxy groups -OCH3 is 1. The first-order valence-corrected chi connectivity index (χ1v) is 11.6. The maximum absolute atomic E-state index is 13.1. The number of nitrogens with one attached hydrogen (secondary N) is 1. The van der Waals surface area contributed by atoms with Gasteiger partial charge in [0.2, 0.25) is 10.0 Å². The molecule has 32 heavy (non-hydrogen) atoms. The number of aromatic amines is 1. The van der Waals surface area contributed by atoms with E-state index in [0.717, 1.165) is 22.3 Å². The minimum Gasteiger partial charge on any atom is -0.494 e. The van der Waals surface area contributed by atoms with Gasteiger partial charge in [-0.05, 0) is 36.8 Å². The van der Waals surface area contributed by atoms with Crippen LogP contribution in [0.2, 0.25) is 0 Å². The van der Waals surface area contributed by atoms with E-state index in [-0.39, 0.29) is 10.5 Å². The molecule has 0 atom stereocenters. The first-order chi connectivity index (χ1) is 15.4. The van der Waals surface area contributed by atoms with Crippen LogP contribution in [0.25, 0.3) is 22.0 Å². The normalized spacial score (nSPS) is 15.5. The Hall–Kier alpha value is -3.37. The van der Waals surface area contributed by atoms with Gasteiger partial charge in [-0.1, -0.05) is 12.1 Å². The minimum atomic E-state index is -3.71. The van der Waals surface area contributed by atoms with E-state index >= 15 is 0 Å². The van der Waals surface area contributed by atoms with Crippen LogP contribution in [0.1, 0.15) is 5.56 Å². The lowest BCUT2D eigenvalue weighted by Crippen LogP contribution is -2.48. The third-order valence-electron chi connectivity index (χ3n) is 5.81. The molecule has 2 aromatic heterocycles. The van der Waals surface area contributed by atoms with Gasteiger partial charge in [0.05, 0.1) is 17.5 Å². The van der Waals surface area contributed by atoms with Gasteiger partial charge in [0.1, 0.15) is 17.1 Å². The lowest BCUT2D eigenvalue weighted by atomic mass is 10.1. The third-order valence-corrected chi connectivity index (χ3v) is 7.70. The number of ether oxygens (including phenoxy) is 1. The summed E-state index contributed by atoms with van der Waals surface area (Å²) in [6, 6.07) is 12.3. The molecule has 0 amide bonds. The second kappa shape index (κ2) is 7.64. The number of H-pyrrole nitrogens is 1. The second-order valence-electron chi connectivity index (χ2n) is 7.72. The van der Waals surface area contributed by atoms with Crippen molar-refractivity contribution in [1.29, 1.82) is 0 Å². The van der Waals surface area contributed by atoms with E-state index in [1.807, 2.05) is 31.2 Å². The van der Waals surface area contributed by atoms with Crippen LogP contribution >= 0.6 is 0 Å². The van der Waals surface area contributed by atoms with Crippen LogP contribution in [0.4, 0.5) is 5.82 Å². The number of nitrogens with zero attached hydrogens (tertiary/aromatic N) is 3. The van der Waals surface area contributed by atoms with Gasteiger partial charge in [-0.3, -0.25) is 4.98 Å². The molecular weight excluding hydrogens is 432 g/mol. The SMILES string of the molecule is COc1cccc2c(C)cc(N3CCN(S(=O)(=O)c4ccc5[nH]c(=O)oc5c4)CC3)nc12. The zero-order valence-electron chi connectivity index (χ0n) is 17.7. The molecule has 1 aliphatic heterocycles. The fourth-order valence-electron chi connectivity index (χ4n) is 4.09. The van der Waals surface area contributed by atoms with Crippen LogP contribution in [0.3, 0.4) is 0 Å². The molecule has 1 N–H and O–H groups in total. The van der Waals surface area contributed by atoms with Crippen molar-refractivity contribution >= 4 is 37.8 Å². The van der Waals surface area contributed by atoms with E-state index in [9.17, 15) is 13.2 Å². The highest BCUT2D eigenvalue weighted by molar-refractivity contribution is 7.89. The predicted molar refractivity (Wildman–Crippen MR) is 121 cm³/mol. The average Bonchev–Trinajstić information content (AvgIpc) is 3.18. The van der Waals surface area contributed by atoms with Crippen LogP contribution in [0.15, 0.2) is 56.6 Å². The Morgan fingerprint density at radius 1 is 1.09 bits per heavy atom. The smallest absolute Gasteiger partial charge is 0.417 e. The Balaban J connectivity index is 1.39. The number of sulfonamides is 1. The van der Waals surface area contributed by atoms with Crippen molar-refractivity contribution in [3.63, 3.8) is 0 Å².